The SMILES string of the molecule is CCCC1Cc2cc3c(cc2C1=O)OCO3. The van der Waals surface area contributed by atoms with Crippen molar-refractivity contribution in [2.24, 2.45) is 5.92 Å². The maximum atomic E-state index is 12.1. The third kappa shape index (κ3) is 1.31. The first kappa shape index (κ1) is 9.70. The Morgan fingerprint density at radius 1 is 1.31 bits per heavy atom. The Morgan fingerprint density at radius 2 is 2.06 bits per heavy atom. The van der Waals surface area contributed by atoms with Crippen LogP contribution in [0, 0.1) is 5.92 Å². The first-order valence-electron chi connectivity index (χ1n) is 5.76. The Hall–Kier alpha value is -1.51. The molecule has 1 heterocycles. The van der Waals surface area contributed by atoms with Crippen LogP contribution in [0.15, 0.2) is 12.1 Å². The predicted octanol–water partition coefficient (Wildman–Crippen LogP) is 2.57. The van der Waals surface area contributed by atoms with Crippen molar-refractivity contribution >= 4 is 5.78 Å². The molecule has 0 radical (unpaired) electrons. The van der Waals surface area contributed by atoms with Gasteiger partial charge in [-0.05, 0) is 30.5 Å². The molecule has 0 saturated carbocycles. The van der Waals surface area contributed by atoms with Gasteiger partial charge in [0.05, 0.1) is 0 Å². The maximum absolute atomic E-state index is 12.1. The minimum Gasteiger partial charge on any atom is -0.454 e. The number of hydrogen-bond acceptors (Lipinski definition) is 3. The van der Waals surface area contributed by atoms with Crippen molar-refractivity contribution in [3.05, 3.63) is 23.3 Å². The van der Waals surface area contributed by atoms with E-state index in [1.807, 2.05) is 12.1 Å². The summed E-state index contributed by atoms with van der Waals surface area (Å²) in [7, 11) is 0. The molecular formula is C13H14O3. The van der Waals surface area contributed by atoms with E-state index in [0.717, 1.165) is 36.1 Å². The van der Waals surface area contributed by atoms with Gasteiger partial charge in [-0.25, -0.2) is 0 Å². The summed E-state index contributed by atoms with van der Waals surface area (Å²) in [4.78, 5) is 12.1. The molecule has 0 bridgehead atoms. The van der Waals surface area contributed by atoms with E-state index in [4.69, 9.17) is 9.47 Å². The summed E-state index contributed by atoms with van der Waals surface area (Å²) in [5, 5.41) is 0. The normalized spacial score (nSPS) is 21.3. The fourth-order valence-electron chi connectivity index (χ4n) is 2.54. The van der Waals surface area contributed by atoms with Crippen LogP contribution in [0.1, 0.15) is 35.7 Å². The summed E-state index contributed by atoms with van der Waals surface area (Å²) < 4.78 is 10.6. The lowest BCUT2D eigenvalue weighted by molar-refractivity contribution is 0.0930. The van der Waals surface area contributed by atoms with Crippen LogP contribution in [0.3, 0.4) is 0 Å². The predicted molar refractivity (Wildman–Crippen MR) is 59.0 cm³/mol. The second-order valence-electron chi connectivity index (χ2n) is 4.42. The van der Waals surface area contributed by atoms with Crippen LogP contribution in [-0.2, 0) is 6.42 Å². The highest BCUT2D eigenvalue weighted by atomic mass is 16.7. The van der Waals surface area contributed by atoms with Gasteiger partial charge in [-0.3, -0.25) is 4.79 Å². The highest BCUT2D eigenvalue weighted by Crippen LogP contribution is 2.40. The van der Waals surface area contributed by atoms with E-state index in [1.165, 1.54) is 0 Å². The van der Waals surface area contributed by atoms with E-state index in [9.17, 15) is 4.79 Å². The standard InChI is InChI=1S/C13H14O3/c1-2-3-8-4-9-5-11-12(16-7-15-11)6-10(9)13(8)14/h5-6,8H,2-4,7H2,1H3. The first-order valence-corrected chi connectivity index (χ1v) is 5.76. The van der Waals surface area contributed by atoms with Crippen molar-refractivity contribution in [3.8, 4) is 11.5 Å². The van der Waals surface area contributed by atoms with Crippen LogP contribution in [0.5, 0.6) is 11.5 Å². The Morgan fingerprint density at radius 3 is 2.81 bits per heavy atom. The van der Waals surface area contributed by atoms with Crippen LogP contribution in [0.2, 0.25) is 0 Å². The van der Waals surface area contributed by atoms with E-state index >= 15 is 0 Å². The smallest absolute Gasteiger partial charge is 0.231 e. The fourth-order valence-corrected chi connectivity index (χ4v) is 2.54. The van der Waals surface area contributed by atoms with Gasteiger partial charge in [0.25, 0.3) is 0 Å². The van der Waals surface area contributed by atoms with Gasteiger partial charge < -0.3 is 9.47 Å². The molecule has 1 atom stereocenters. The molecule has 0 fully saturated rings. The molecule has 2 aliphatic rings. The largest absolute Gasteiger partial charge is 0.454 e. The van der Waals surface area contributed by atoms with Gasteiger partial charge in [0.15, 0.2) is 17.3 Å². The van der Waals surface area contributed by atoms with Crippen molar-refractivity contribution < 1.29 is 14.3 Å². The zero-order valence-corrected chi connectivity index (χ0v) is 9.29. The molecule has 84 valence electrons. The Labute approximate surface area is 94.4 Å². The molecule has 0 amide bonds. The van der Waals surface area contributed by atoms with E-state index in [-0.39, 0.29) is 18.5 Å². The van der Waals surface area contributed by atoms with Crippen LogP contribution in [0.4, 0.5) is 0 Å². The summed E-state index contributed by atoms with van der Waals surface area (Å²) in [5.41, 5.74) is 1.95. The van der Waals surface area contributed by atoms with Crippen LogP contribution in [-0.4, -0.2) is 12.6 Å². The van der Waals surface area contributed by atoms with Crippen LogP contribution >= 0.6 is 0 Å². The average molecular weight is 218 g/mol. The third-order valence-corrected chi connectivity index (χ3v) is 3.34. The number of ketones is 1. The summed E-state index contributed by atoms with van der Waals surface area (Å²) in [6.45, 7) is 2.38. The van der Waals surface area contributed by atoms with E-state index in [2.05, 4.69) is 6.92 Å². The minimum absolute atomic E-state index is 0.169. The van der Waals surface area contributed by atoms with E-state index in [1.54, 1.807) is 0 Å². The van der Waals surface area contributed by atoms with Gasteiger partial charge in [0, 0.05) is 11.5 Å². The topological polar surface area (TPSA) is 35.5 Å². The van der Waals surface area contributed by atoms with Crippen LogP contribution < -0.4 is 9.47 Å². The number of Topliss-reactive ketones (excluding diaryl/α,β-unsaturated/α-hetero) is 1. The zero-order chi connectivity index (χ0) is 11.1. The lowest BCUT2D eigenvalue weighted by Crippen LogP contribution is -2.08. The lowest BCUT2D eigenvalue weighted by atomic mass is 10.00. The molecule has 3 rings (SSSR count). The van der Waals surface area contributed by atoms with E-state index in [0.29, 0.717) is 5.75 Å². The molecule has 1 unspecified atom stereocenters. The third-order valence-electron chi connectivity index (χ3n) is 3.34. The number of carbonyl (C=O) groups is 1. The Bertz CT molecular complexity index is 451. The molecule has 0 spiro atoms. The van der Waals surface area contributed by atoms with Crippen molar-refractivity contribution in [3.63, 3.8) is 0 Å². The number of hydrogen-bond donors (Lipinski definition) is 0. The molecule has 1 aromatic rings. The quantitative estimate of drug-likeness (QED) is 0.765. The number of fused-ring (bicyclic) bond motifs is 2. The molecule has 16 heavy (non-hydrogen) atoms. The highest BCUT2D eigenvalue weighted by Gasteiger charge is 2.32. The summed E-state index contributed by atoms with van der Waals surface area (Å²) in [6, 6.07) is 3.81. The van der Waals surface area contributed by atoms with E-state index < -0.39 is 0 Å². The van der Waals surface area contributed by atoms with Gasteiger partial charge in [-0.15, -0.1) is 0 Å². The number of carbonyl (C=O) groups excluding carboxylic acids is 1. The van der Waals surface area contributed by atoms with Gasteiger partial charge in [0.1, 0.15) is 0 Å². The number of rotatable bonds is 2. The average Bonchev–Trinajstić information content (AvgIpc) is 2.83. The maximum Gasteiger partial charge on any atom is 0.231 e. The fraction of sp³-hybridized carbons (Fsp3) is 0.462. The second kappa shape index (κ2) is 3.51. The molecule has 0 aromatic heterocycles. The zero-order valence-electron chi connectivity index (χ0n) is 9.29. The monoisotopic (exact) mass is 218 g/mol. The van der Waals surface area contributed by atoms with Gasteiger partial charge >= 0.3 is 0 Å². The Balaban J connectivity index is 1.98. The summed E-state index contributed by atoms with van der Waals surface area (Å²) in [5.74, 6) is 1.94. The van der Waals surface area contributed by atoms with Crippen molar-refractivity contribution in [1.82, 2.24) is 0 Å². The highest BCUT2D eigenvalue weighted by molar-refractivity contribution is 6.02. The van der Waals surface area contributed by atoms with Gasteiger partial charge in [-0.2, -0.15) is 0 Å². The van der Waals surface area contributed by atoms with Crippen molar-refractivity contribution in [2.75, 3.05) is 6.79 Å². The molecule has 0 saturated heterocycles. The van der Waals surface area contributed by atoms with Crippen molar-refractivity contribution in [2.45, 2.75) is 26.2 Å². The first-order chi connectivity index (χ1) is 7.79. The van der Waals surface area contributed by atoms with Gasteiger partial charge in [-0.1, -0.05) is 13.3 Å². The lowest BCUT2D eigenvalue weighted by Gasteiger charge is -2.03. The van der Waals surface area contributed by atoms with Gasteiger partial charge in [0.2, 0.25) is 6.79 Å². The molecular weight excluding hydrogens is 204 g/mol. The second-order valence-corrected chi connectivity index (χ2v) is 4.42. The Kier molecular flexibility index (Phi) is 2.13. The van der Waals surface area contributed by atoms with Crippen molar-refractivity contribution in [1.29, 1.82) is 0 Å². The number of benzene rings is 1. The number of ether oxygens (including phenoxy) is 2. The molecule has 3 heteroatoms. The molecule has 1 aliphatic heterocycles. The minimum atomic E-state index is 0.169. The van der Waals surface area contributed by atoms with Crippen LogP contribution in [0.25, 0.3) is 0 Å². The molecule has 0 N–H and O–H groups in total. The summed E-state index contributed by atoms with van der Waals surface area (Å²) >= 11 is 0. The molecule has 1 aliphatic carbocycles. The molecule has 3 nitrogen and oxygen atoms in total. The molecule has 1 aromatic carbocycles. The summed E-state index contributed by atoms with van der Waals surface area (Å²) in [6.07, 6.45) is 2.88.